The van der Waals surface area contributed by atoms with Crippen molar-refractivity contribution in [2.45, 2.75) is 26.8 Å². The van der Waals surface area contributed by atoms with E-state index >= 15 is 0 Å². The van der Waals surface area contributed by atoms with Crippen LogP contribution in [0.1, 0.15) is 31.1 Å². The van der Waals surface area contributed by atoms with Crippen molar-refractivity contribution in [2.24, 2.45) is 5.92 Å². The minimum atomic E-state index is -1.37. The molecule has 0 saturated heterocycles. The summed E-state index contributed by atoms with van der Waals surface area (Å²) in [7, 11) is 0. The Labute approximate surface area is 122 Å². The Kier molecular flexibility index (Phi) is 3.97. The summed E-state index contributed by atoms with van der Waals surface area (Å²) >= 11 is 0. The molecule has 2 amide bonds. The average molecular weight is 292 g/mol. The number of carboxylic acid groups (broad SMARTS) is 1. The van der Waals surface area contributed by atoms with Crippen LogP contribution in [0.5, 0.6) is 0 Å². The number of amides is 2. The topological polar surface area (TPSA) is 69.6 Å². The highest BCUT2D eigenvalue weighted by Gasteiger charge is 2.27. The van der Waals surface area contributed by atoms with Crippen molar-refractivity contribution in [3.05, 3.63) is 41.4 Å². The number of carboxylic acids is 1. The minimum Gasteiger partial charge on any atom is -0.478 e. The van der Waals surface area contributed by atoms with Gasteiger partial charge in [0.2, 0.25) is 0 Å². The van der Waals surface area contributed by atoms with Gasteiger partial charge in [0.1, 0.15) is 5.82 Å². The van der Waals surface area contributed by atoms with Crippen molar-refractivity contribution < 1.29 is 19.1 Å². The van der Waals surface area contributed by atoms with Gasteiger partial charge in [-0.2, -0.15) is 0 Å². The highest BCUT2D eigenvalue weighted by atomic mass is 19.1. The van der Waals surface area contributed by atoms with Gasteiger partial charge in [-0.1, -0.05) is 13.8 Å². The maximum Gasteiger partial charge on any atom is 0.338 e. The van der Waals surface area contributed by atoms with Crippen molar-refractivity contribution in [1.82, 2.24) is 5.32 Å². The molecule has 2 N–H and O–H groups in total. The number of nitrogens with one attached hydrogen (secondary N) is 1. The maximum absolute atomic E-state index is 13.4. The molecule has 1 aliphatic heterocycles. The van der Waals surface area contributed by atoms with Crippen LogP contribution in [-0.4, -0.2) is 23.1 Å². The Morgan fingerprint density at radius 3 is 2.67 bits per heavy atom. The van der Waals surface area contributed by atoms with Crippen molar-refractivity contribution in [2.75, 3.05) is 4.90 Å². The number of aromatic carboxylic acids is 1. The number of anilines is 1. The predicted molar refractivity (Wildman–Crippen MR) is 76.8 cm³/mol. The zero-order chi connectivity index (χ0) is 15.7. The molecule has 1 aromatic rings. The lowest BCUT2D eigenvalue weighted by Gasteiger charge is -2.32. The number of carbonyl (C=O) groups excluding carboxylic acids is 1. The Bertz CT molecular complexity index is 625. The van der Waals surface area contributed by atoms with E-state index in [-0.39, 0.29) is 18.0 Å². The van der Waals surface area contributed by atoms with E-state index in [1.54, 1.807) is 6.20 Å². The summed E-state index contributed by atoms with van der Waals surface area (Å²) in [6.07, 6.45) is 1.69. The first-order chi connectivity index (χ1) is 9.81. The molecule has 21 heavy (non-hydrogen) atoms. The van der Waals surface area contributed by atoms with Crippen LogP contribution in [0.4, 0.5) is 14.9 Å². The second kappa shape index (κ2) is 5.55. The van der Waals surface area contributed by atoms with Crippen molar-refractivity contribution >= 4 is 17.7 Å². The van der Waals surface area contributed by atoms with Crippen LogP contribution < -0.4 is 10.2 Å². The highest BCUT2D eigenvalue weighted by molar-refractivity contribution is 5.97. The molecular formula is C15H17FN2O3. The zero-order valence-corrected chi connectivity index (χ0v) is 12.1. The van der Waals surface area contributed by atoms with Crippen LogP contribution in [0.25, 0.3) is 0 Å². The lowest BCUT2D eigenvalue weighted by molar-refractivity contribution is 0.0692. The fourth-order valence-electron chi connectivity index (χ4n) is 2.33. The number of rotatable bonds is 3. The Morgan fingerprint density at radius 2 is 2.10 bits per heavy atom. The van der Waals surface area contributed by atoms with Crippen LogP contribution in [0.3, 0.4) is 0 Å². The van der Waals surface area contributed by atoms with E-state index in [1.807, 2.05) is 20.8 Å². The lowest BCUT2D eigenvalue weighted by atomic mass is 9.96. The third kappa shape index (κ3) is 2.89. The van der Waals surface area contributed by atoms with Crippen LogP contribution in [0.15, 0.2) is 30.0 Å². The standard InChI is InChI=1S/C15H17FN2O3/c1-8(2)12-7-18(15(21)17-9(12)3)10-4-5-13(16)11(6-10)14(19)20/h4-9H,1-3H3,(H,17,21)(H,19,20)/t9-/m1/s1. The number of halogens is 1. The molecule has 5 nitrogen and oxygen atoms in total. The number of benzene rings is 1. The van der Waals surface area contributed by atoms with Gasteiger partial charge in [0.15, 0.2) is 0 Å². The van der Waals surface area contributed by atoms with Gasteiger partial charge in [0.05, 0.1) is 17.3 Å². The minimum absolute atomic E-state index is 0.0897. The molecule has 0 fully saturated rings. The molecule has 0 radical (unpaired) electrons. The number of nitrogens with zero attached hydrogens (tertiary/aromatic N) is 1. The molecule has 0 aromatic heterocycles. The summed E-state index contributed by atoms with van der Waals surface area (Å²) < 4.78 is 13.4. The quantitative estimate of drug-likeness (QED) is 0.899. The second-order valence-electron chi connectivity index (χ2n) is 5.29. The monoisotopic (exact) mass is 292 g/mol. The number of hydrogen-bond donors (Lipinski definition) is 2. The third-order valence-corrected chi connectivity index (χ3v) is 3.46. The summed E-state index contributed by atoms with van der Waals surface area (Å²) in [6, 6.07) is 3.13. The molecule has 0 bridgehead atoms. The van der Waals surface area contributed by atoms with Crippen LogP contribution in [0, 0.1) is 11.7 Å². The van der Waals surface area contributed by atoms with Gasteiger partial charge in [-0.3, -0.25) is 4.90 Å². The van der Waals surface area contributed by atoms with Crippen molar-refractivity contribution in [3.8, 4) is 0 Å². The smallest absolute Gasteiger partial charge is 0.338 e. The molecular weight excluding hydrogens is 275 g/mol. The Morgan fingerprint density at radius 1 is 1.43 bits per heavy atom. The van der Waals surface area contributed by atoms with E-state index in [0.29, 0.717) is 5.69 Å². The third-order valence-electron chi connectivity index (χ3n) is 3.46. The number of carbonyl (C=O) groups is 2. The lowest BCUT2D eigenvalue weighted by Crippen LogP contribution is -2.47. The van der Waals surface area contributed by atoms with Crippen molar-refractivity contribution in [3.63, 3.8) is 0 Å². The molecule has 112 valence electrons. The van der Waals surface area contributed by atoms with E-state index in [9.17, 15) is 14.0 Å². The summed E-state index contributed by atoms with van der Waals surface area (Å²) in [5.74, 6) is -1.97. The SMILES string of the molecule is CC(C)C1=CN(c2ccc(F)c(C(=O)O)c2)C(=O)N[C@@H]1C. The first-order valence-corrected chi connectivity index (χ1v) is 6.65. The molecule has 6 heteroatoms. The summed E-state index contributed by atoms with van der Waals surface area (Å²) in [5.41, 5.74) is 0.866. The van der Waals surface area contributed by atoms with Crippen LogP contribution >= 0.6 is 0 Å². The molecule has 0 saturated carbocycles. The summed E-state index contributed by atoms with van der Waals surface area (Å²) in [5, 5.41) is 11.8. The van der Waals surface area contributed by atoms with E-state index in [4.69, 9.17) is 5.11 Å². The first-order valence-electron chi connectivity index (χ1n) is 6.65. The van der Waals surface area contributed by atoms with E-state index in [0.717, 1.165) is 17.7 Å². The summed E-state index contributed by atoms with van der Waals surface area (Å²) in [6.45, 7) is 5.89. The highest BCUT2D eigenvalue weighted by Crippen LogP contribution is 2.26. The number of urea groups is 1. The van der Waals surface area contributed by atoms with E-state index < -0.39 is 17.3 Å². The molecule has 0 unspecified atom stereocenters. The predicted octanol–water partition coefficient (Wildman–Crippen LogP) is 2.98. The second-order valence-corrected chi connectivity index (χ2v) is 5.29. The van der Waals surface area contributed by atoms with Gasteiger partial charge < -0.3 is 10.4 Å². The fraction of sp³-hybridized carbons (Fsp3) is 0.333. The van der Waals surface area contributed by atoms with E-state index in [1.165, 1.54) is 11.0 Å². The zero-order valence-electron chi connectivity index (χ0n) is 12.1. The molecule has 1 aromatic carbocycles. The molecule has 1 atom stereocenters. The van der Waals surface area contributed by atoms with Crippen molar-refractivity contribution in [1.29, 1.82) is 0 Å². The normalized spacial score (nSPS) is 18.5. The molecule has 1 aliphatic rings. The largest absolute Gasteiger partial charge is 0.478 e. The van der Waals surface area contributed by atoms with Gasteiger partial charge in [-0.15, -0.1) is 0 Å². The average Bonchev–Trinajstić information content (AvgIpc) is 2.39. The van der Waals surface area contributed by atoms with Gasteiger partial charge in [0, 0.05) is 6.20 Å². The molecule has 0 aliphatic carbocycles. The van der Waals surface area contributed by atoms with Gasteiger partial charge in [-0.05, 0) is 36.6 Å². The molecule has 0 spiro atoms. The Balaban J connectivity index is 2.47. The number of hydrogen-bond acceptors (Lipinski definition) is 2. The van der Waals surface area contributed by atoms with Gasteiger partial charge in [0.25, 0.3) is 0 Å². The van der Waals surface area contributed by atoms with Crippen LogP contribution in [0.2, 0.25) is 0 Å². The molecule has 2 rings (SSSR count). The van der Waals surface area contributed by atoms with Crippen LogP contribution in [-0.2, 0) is 0 Å². The summed E-state index contributed by atoms with van der Waals surface area (Å²) in [4.78, 5) is 24.4. The maximum atomic E-state index is 13.4. The first kappa shape index (κ1) is 15.0. The Hall–Kier alpha value is -2.37. The van der Waals surface area contributed by atoms with Gasteiger partial charge in [-0.25, -0.2) is 14.0 Å². The van der Waals surface area contributed by atoms with Gasteiger partial charge >= 0.3 is 12.0 Å². The molecule has 1 heterocycles. The van der Waals surface area contributed by atoms with E-state index in [2.05, 4.69) is 5.32 Å². The fourth-order valence-corrected chi connectivity index (χ4v) is 2.33.